The van der Waals surface area contributed by atoms with E-state index in [9.17, 15) is 0 Å². The molecule has 1 aromatic rings. The van der Waals surface area contributed by atoms with Crippen LogP contribution >= 0.6 is 11.6 Å². The number of hydrogen-bond acceptors (Lipinski definition) is 1. The van der Waals surface area contributed by atoms with Crippen molar-refractivity contribution in [2.75, 3.05) is 11.9 Å². The van der Waals surface area contributed by atoms with E-state index in [-0.39, 0.29) is 8.80 Å². The number of halogens is 1. The summed E-state index contributed by atoms with van der Waals surface area (Å²) in [5, 5.41) is 4.38. The van der Waals surface area contributed by atoms with Crippen LogP contribution in [0.25, 0.3) is 0 Å². The summed E-state index contributed by atoms with van der Waals surface area (Å²) in [6.07, 6.45) is 1.25. The number of benzene rings is 1. The molecule has 1 atom stereocenters. The minimum Gasteiger partial charge on any atom is -0.385 e. The lowest BCUT2D eigenvalue weighted by molar-refractivity contribution is 0.796. The van der Waals surface area contributed by atoms with Crippen molar-refractivity contribution in [1.29, 1.82) is 0 Å². The van der Waals surface area contributed by atoms with E-state index in [4.69, 9.17) is 11.6 Å². The van der Waals surface area contributed by atoms with Crippen molar-refractivity contribution in [3.8, 4) is 0 Å². The molecule has 0 unspecified atom stereocenters. The Labute approximate surface area is 105 Å². The minimum atomic E-state index is -0.171. The first kappa shape index (κ1) is 12.0. The van der Waals surface area contributed by atoms with Gasteiger partial charge in [0.25, 0.3) is 0 Å². The Balaban J connectivity index is 2.14. The second-order valence-electron chi connectivity index (χ2n) is 4.45. The lowest BCUT2D eigenvalue weighted by Crippen LogP contribution is -2.30. The second kappa shape index (κ2) is 5.24. The van der Waals surface area contributed by atoms with E-state index in [1.54, 1.807) is 0 Å². The summed E-state index contributed by atoms with van der Waals surface area (Å²) in [6.45, 7) is 5.83. The normalized spacial score (nSPS) is 19.4. The van der Waals surface area contributed by atoms with Crippen LogP contribution in [0.15, 0.2) is 18.2 Å². The van der Waals surface area contributed by atoms with Gasteiger partial charge in [0.1, 0.15) is 0 Å². The van der Waals surface area contributed by atoms with Gasteiger partial charge in [-0.3, -0.25) is 0 Å². The quantitative estimate of drug-likeness (QED) is 0.795. The average molecular weight is 253 g/mol. The molecular weight excluding hydrogens is 234 g/mol. The molecule has 0 fully saturated rings. The number of anilines is 1. The third-order valence-corrected chi connectivity index (χ3v) is 7.18. The highest BCUT2D eigenvalue weighted by atomic mass is 35.5. The average Bonchev–Trinajstić information content (AvgIpc) is 2.31. The lowest BCUT2D eigenvalue weighted by atomic mass is 10.0. The molecule has 0 amide bonds. The summed E-state index contributed by atoms with van der Waals surface area (Å²) in [5.74, 6) is 0. The van der Waals surface area contributed by atoms with Crippen LogP contribution in [0, 0.1) is 0 Å². The van der Waals surface area contributed by atoms with Gasteiger partial charge in [-0.2, -0.15) is 0 Å². The zero-order chi connectivity index (χ0) is 11.5. The van der Waals surface area contributed by atoms with Gasteiger partial charge >= 0.3 is 0 Å². The lowest BCUT2D eigenvalue weighted by Gasteiger charge is -2.30. The van der Waals surface area contributed by atoms with Crippen molar-refractivity contribution >= 4 is 26.1 Å². The Morgan fingerprint density at radius 2 is 2.12 bits per heavy atom. The topological polar surface area (TPSA) is 12.0 Å². The highest BCUT2D eigenvalue weighted by Crippen LogP contribution is 2.32. The van der Waals surface area contributed by atoms with E-state index in [0.29, 0.717) is 0 Å². The Bertz CT molecular complexity index is 363. The van der Waals surface area contributed by atoms with Gasteiger partial charge in [0, 0.05) is 17.3 Å². The van der Waals surface area contributed by atoms with Gasteiger partial charge in [-0.15, -0.1) is 0 Å². The van der Waals surface area contributed by atoms with Gasteiger partial charge in [0.2, 0.25) is 0 Å². The number of rotatable bonds is 3. The van der Waals surface area contributed by atoms with Gasteiger partial charge in [-0.25, -0.2) is 0 Å². The predicted octanol–water partition coefficient (Wildman–Crippen LogP) is 4.21. The van der Waals surface area contributed by atoms with Crippen molar-refractivity contribution in [1.82, 2.24) is 0 Å². The molecule has 3 heteroatoms. The molecule has 2 rings (SSSR count). The molecule has 1 nitrogen and oxygen atoms in total. The molecule has 1 aliphatic rings. The first-order chi connectivity index (χ1) is 7.74. The Kier molecular flexibility index (Phi) is 3.93. The molecule has 0 saturated carbocycles. The maximum atomic E-state index is 6.00. The molecule has 0 spiro atoms. The largest absolute Gasteiger partial charge is 0.385 e. The fourth-order valence-corrected chi connectivity index (χ4v) is 5.30. The Morgan fingerprint density at radius 3 is 2.81 bits per heavy atom. The smallest absolute Gasteiger partial charge is 0.0530 e. The summed E-state index contributed by atoms with van der Waals surface area (Å²) >= 11 is 6.00. The summed E-state index contributed by atoms with van der Waals surface area (Å²) in [5.41, 5.74) is 3.58. The molecular formula is C13H19ClNSi. The Morgan fingerprint density at radius 1 is 1.38 bits per heavy atom. The van der Waals surface area contributed by atoms with E-state index >= 15 is 0 Å². The summed E-state index contributed by atoms with van der Waals surface area (Å²) in [7, 11) is -0.171. The monoisotopic (exact) mass is 252 g/mol. The van der Waals surface area contributed by atoms with E-state index in [1.165, 1.54) is 29.8 Å². The summed E-state index contributed by atoms with van der Waals surface area (Å²) < 4.78 is 0. The van der Waals surface area contributed by atoms with Crippen LogP contribution in [0.1, 0.15) is 19.4 Å². The zero-order valence-electron chi connectivity index (χ0n) is 10.0. The van der Waals surface area contributed by atoms with Crippen LogP contribution in [0.3, 0.4) is 0 Å². The van der Waals surface area contributed by atoms with Crippen molar-refractivity contribution in [3.05, 3.63) is 28.8 Å². The van der Waals surface area contributed by atoms with Gasteiger partial charge in [-0.1, -0.05) is 43.6 Å². The van der Waals surface area contributed by atoms with Crippen LogP contribution < -0.4 is 5.32 Å². The van der Waals surface area contributed by atoms with Crippen molar-refractivity contribution in [2.45, 2.75) is 37.9 Å². The molecule has 0 aliphatic carbocycles. The molecule has 0 aromatic heterocycles. The molecule has 0 saturated heterocycles. The fourth-order valence-electron chi connectivity index (χ4n) is 2.58. The van der Waals surface area contributed by atoms with E-state index in [0.717, 1.165) is 17.1 Å². The van der Waals surface area contributed by atoms with Gasteiger partial charge in [-0.05, 0) is 29.7 Å². The van der Waals surface area contributed by atoms with Crippen LogP contribution in [0.5, 0.6) is 0 Å². The SMILES string of the molecule is CC[Si](CC)[C@H]1CNc2cc(Cl)ccc2C1. The summed E-state index contributed by atoms with van der Waals surface area (Å²) in [6, 6.07) is 9.01. The minimum absolute atomic E-state index is 0.171. The number of fused-ring (bicyclic) bond motifs is 1. The molecule has 1 aromatic carbocycles. The van der Waals surface area contributed by atoms with Gasteiger partial charge in [0.15, 0.2) is 0 Å². The highest BCUT2D eigenvalue weighted by molar-refractivity contribution is 6.60. The van der Waals surface area contributed by atoms with E-state index < -0.39 is 0 Å². The second-order valence-corrected chi connectivity index (χ2v) is 8.43. The molecule has 1 heterocycles. The zero-order valence-corrected chi connectivity index (χ0v) is 11.8. The van der Waals surface area contributed by atoms with Crippen LogP contribution in [0.4, 0.5) is 5.69 Å². The fraction of sp³-hybridized carbons (Fsp3) is 0.538. The molecule has 87 valence electrons. The third-order valence-electron chi connectivity index (χ3n) is 3.56. The Hall–Kier alpha value is -0.473. The van der Waals surface area contributed by atoms with Crippen LogP contribution in [-0.2, 0) is 6.42 Å². The molecule has 16 heavy (non-hydrogen) atoms. The molecule has 1 aliphatic heterocycles. The van der Waals surface area contributed by atoms with Gasteiger partial charge in [0.05, 0.1) is 8.80 Å². The van der Waals surface area contributed by atoms with Crippen LogP contribution in [-0.4, -0.2) is 15.3 Å². The predicted molar refractivity (Wildman–Crippen MR) is 74.1 cm³/mol. The van der Waals surface area contributed by atoms with Crippen molar-refractivity contribution < 1.29 is 0 Å². The molecule has 1 N–H and O–H groups in total. The maximum Gasteiger partial charge on any atom is 0.0530 e. The number of hydrogen-bond donors (Lipinski definition) is 1. The third kappa shape index (κ3) is 2.43. The maximum absolute atomic E-state index is 6.00. The van der Waals surface area contributed by atoms with Crippen molar-refractivity contribution in [3.63, 3.8) is 0 Å². The van der Waals surface area contributed by atoms with E-state index in [2.05, 4.69) is 31.3 Å². The standard InChI is InChI=1S/C13H19ClNSi/c1-3-16(4-2)12-7-10-5-6-11(14)8-13(10)15-9-12/h5-6,8,12,15H,3-4,7,9H2,1-2H3/t12-/m1/s1. The molecule has 1 radical (unpaired) electrons. The summed E-state index contributed by atoms with van der Waals surface area (Å²) in [4.78, 5) is 0. The highest BCUT2D eigenvalue weighted by Gasteiger charge is 2.25. The van der Waals surface area contributed by atoms with Crippen LogP contribution in [0.2, 0.25) is 22.7 Å². The van der Waals surface area contributed by atoms with E-state index in [1.807, 2.05) is 6.07 Å². The van der Waals surface area contributed by atoms with Gasteiger partial charge < -0.3 is 5.32 Å². The first-order valence-electron chi connectivity index (χ1n) is 6.11. The number of nitrogens with one attached hydrogen (secondary N) is 1. The first-order valence-corrected chi connectivity index (χ1v) is 8.48. The molecule has 0 bridgehead atoms. The van der Waals surface area contributed by atoms with Crippen molar-refractivity contribution in [2.24, 2.45) is 0 Å².